The number of carboxylic acids is 1. The zero-order valence-corrected chi connectivity index (χ0v) is 27.6. The number of sulfone groups is 1. The number of ether oxygens (including phenoxy) is 1. The van der Waals surface area contributed by atoms with Crippen LogP contribution in [-0.4, -0.2) is 48.8 Å². The zero-order valence-electron chi connectivity index (χ0n) is 26.8. The minimum absolute atomic E-state index is 0.0671. The largest absolute Gasteiger partial charge is 0.479 e. The maximum atomic E-state index is 12.7. The number of alkyl carbamates (subject to hydrolysis) is 1. The van der Waals surface area contributed by atoms with Crippen LogP contribution in [0.1, 0.15) is 79.2 Å². The first-order valence-electron chi connectivity index (χ1n) is 15.3. The van der Waals surface area contributed by atoms with Gasteiger partial charge in [0.05, 0.1) is 10.6 Å². The summed E-state index contributed by atoms with van der Waals surface area (Å²) in [5, 5.41) is 21.0. The average Bonchev–Trinajstić information content (AvgIpc) is 3.38. The number of aliphatic carboxylic acids is 1. The number of benzene rings is 3. The molecule has 0 radical (unpaired) electrons. The van der Waals surface area contributed by atoms with Crippen LogP contribution in [-0.2, 0) is 43.7 Å². The van der Waals surface area contributed by atoms with Crippen LogP contribution in [0.25, 0.3) is 0 Å². The summed E-state index contributed by atoms with van der Waals surface area (Å²) >= 11 is 0. The fourth-order valence-corrected chi connectivity index (χ4v) is 6.16. The van der Waals surface area contributed by atoms with Crippen LogP contribution in [0, 0.1) is 0 Å². The molecule has 0 aromatic heterocycles. The molecule has 1 aliphatic rings. The maximum Gasteiger partial charge on any atom is 0.407 e. The molecule has 1 heterocycles. The second-order valence-electron chi connectivity index (χ2n) is 12.2. The summed E-state index contributed by atoms with van der Waals surface area (Å²) < 4.78 is 30.5. The minimum Gasteiger partial charge on any atom is -0.479 e. The standard InChI is InChI=1S/C34H40N4O8S/c1-5-47(44,45)28-16-15-25(17-24(28)20-36-33(43)46-34(2,3)4)37-29(39)8-6-7-21-9-11-22(12-10-21)30(32(41)42)38-26-14-13-23-19-35-31(40)27(23)18-26/h9-18,30,38H,5-8,19-20H2,1-4H3,(H,35,40)(H,36,43)(H,37,39)(H,41,42). The fraction of sp³-hybridized carbons (Fsp3) is 0.353. The number of aryl methyl sites for hydroxylation is 1. The lowest BCUT2D eigenvalue weighted by Gasteiger charge is -2.20. The molecule has 1 unspecified atom stereocenters. The third-order valence-electron chi connectivity index (χ3n) is 7.42. The van der Waals surface area contributed by atoms with Gasteiger partial charge in [-0.1, -0.05) is 37.3 Å². The smallest absolute Gasteiger partial charge is 0.407 e. The van der Waals surface area contributed by atoms with E-state index in [0.717, 1.165) is 11.1 Å². The van der Waals surface area contributed by atoms with Gasteiger partial charge in [0.25, 0.3) is 5.91 Å². The summed E-state index contributed by atoms with van der Waals surface area (Å²) in [5.41, 5.74) is 3.37. The van der Waals surface area contributed by atoms with Gasteiger partial charge in [0.15, 0.2) is 15.9 Å². The van der Waals surface area contributed by atoms with Crippen molar-refractivity contribution >= 4 is 45.1 Å². The molecule has 47 heavy (non-hydrogen) atoms. The van der Waals surface area contributed by atoms with Gasteiger partial charge in [0, 0.05) is 36.4 Å². The molecule has 3 aromatic carbocycles. The Labute approximate surface area is 274 Å². The van der Waals surface area contributed by atoms with Gasteiger partial charge in [-0.25, -0.2) is 18.0 Å². The van der Waals surface area contributed by atoms with Gasteiger partial charge in [-0.15, -0.1) is 0 Å². The molecule has 13 heteroatoms. The molecule has 4 rings (SSSR count). The molecule has 0 saturated carbocycles. The zero-order chi connectivity index (χ0) is 34.4. The third kappa shape index (κ3) is 9.55. The molecule has 0 bridgehead atoms. The first kappa shape index (κ1) is 35.0. The highest BCUT2D eigenvalue weighted by Crippen LogP contribution is 2.26. The van der Waals surface area contributed by atoms with E-state index in [1.807, 2.05) is 12.1 Å². The summed E-state index contributed by atoms with van der Waals surface area (Å²) in [6.45, 7) is 7.04. The van der Waals surface area contributed by atoms with Crippen molar-refractivity contribution in [1.82, 2.24) is 10.6 Å². The highest BCUT2D eigenvalue weighted by molar-refractivity contribution is 7.91. The van der Waals surface area contributed by atoms with E-state index in [4.69, 9.17) is 4.74 Å². The molecule has 250 valence electrons. The number of anilines is 2. The van der Waals surface area contributed by atoms with Crippen LogP contribution in [0.2, 0.25) is 0 Å². The number of carbonyl (C=O) groups is 4. The van der Waals surface area contributed by atoms with E-state index in [0.29, 0.717) is 47.5 Å². The van der Waals surface area contributed by atoms with Crippen molar-refractivity contribution in [2.24, 2.45) is 0 Å². The summed E-state index contributed by atoms with van der Waals surface area (Å²) in [5.74, 6) is -1.65. The number of carbonyl (C=O) groups excluding carboxylic acids is 3. The van der Waals surface area contributed by atoms with Crippen LogP contribution in [0.3, 0.4) is 0 Å². The van der Waals surface area contributed by atoms with Crippen LogP contribution >= 0.6 is 0 Å². The number of hydrogen-bond acceptors (Lipinski definition) is 8. The van der Waals surface area contributed by atoms with Gasteiger partial charge in [0.1, 0.15) is 5.60 Å². The Bertz CT molecular complexity index is 1770. The Morgan fingerprint density at radius 3 is 2.36 bits per heavy atom. The van der Waals surface area contributed by atoms with Crippen molar-refractivity contribution in [1.29, 1.82) is 0 Å². The van der Waals surface area contributed by atoms with Crippen molar-refractivity contribution in [3.63, 3.8) is 0 Å². The van der Waals surface area contributed by atoms with Gasteiger partial charge >= 0.3 is 12.1 Å². The third-order valence-corrected chi connectivity index (χ3v) is 9.24. The average molecular weight is 665 g/mol. The first-order valence-corrected chi connectivity index (χ1v) is 16.9. The van der Waals surface area contributed by atoms with E-state index in [1.54, 1.807) is 51.1 Å². The van der Waals surface area contributed by atoms with Gasteiger partial charge < -0.3 is 31.1 Å². The molecule has 0 fully saturated rings. The molecule has 3 amide bonds. The SMILES string of the molecule is CCS(=O)(=O)c1ccc(NC(=O)CCCc2ccc(C(Nc3ccc4c(c3)C(=O)NC4)C(=O)O)cc2)cc1CNC(=O)OC(C)(C)C. The second-order valence-corrected chi connectivity index (χ2v) is 14.4. The summed E-state index contributed by atoms with van der Waals surface area (Å²) in [6.07, 6.45) is 0.577. The Kier molecular flexibility index (Phi) is 10.9. The van der Waals surface area contributed by atoms with E-state index in [9.17, 15) is 32.7 Å². The van der Waals surface area contributed by atoms with Gasteiger partial charge in [-0.2, -0.15) is 0 Å². The molecule has 0 aliphatic carbocycles. The first-order chi connectivity index (χ1) is 22.1. The molecule has 3 aromatic rings. The Balaban J connectivity index is 1.33. The lowest BCUT2D eigenvalue weighted by Crippen LogP contribution is -2.32. The van der Waals surface area contributed by atoms with Gasteiger partial charge in [0.2, 0.25) is 5.91 Å². The number of amides is 3. The lowest BCUT2D eigenvalue weighted by atomic mass is 10.0. The van der Waals surface area contributed by atoms with Crippen LogP contribution in [0.5, 0.6) is 0 Å². The molecule has 0 spiro atoms. The summed E-state index contributed by atoms with van der Waals surface area (Å²) in [4.78, 5) is 49.0. The monoisotopic (exact) mass is 664 g/mol. The van der Waals surface area contributed by atoms with Crippen molar-refractivity contribution in [3.05, 3.63) is 88.5 Å². The van der Waals surface area contributed by atoms with Crippen LogP contribution in [0.4, 0.5) is 16.2 Å². The molecular weight excluding hydrogens is 624 g/mol. The quantitative estimate of drug-likeness (QED) is 0.169. The maximum absolute atomic E-state index is 12.7. The Morgan fingerprint density at radius 1 is 1.00 bits per heavy atom. The fourth-order valence-electron chi connectivity index (χ4n) is 5.05. The summed E-state index contributed by atoms with van der Waals surface area (Å²) in [6, 6.07) is 15.7. The predicted octanol–water partition coefficient (Wildman–Crippen LogP) is 4.95. The highest BCUT2D eigenvalue weighted by Gasteiger charge is 2.23. The number of carboxylic acid groups (broad SMARTS) is 1. The topological polar surface area (TPSA) is 180 Å². The van der Waals surface area contributed by atoms with E-state index in [-0.39, 0.29) is 35.4 Å². The van der Waals surface area contributed by atoms with E-state index in [1.165, 1.54) is 25.1 Å². The van der Waals surface area contributed by atoms with Crippen LogP contribution in [0.15, 0.2) is 65.6 Å². The van der Waals surface area contributed by atoms with Crippen LogP contribution < -0.4 is 21.3 Å². The van der Waals surface area contributed by atoms with Crippen molar-refractivity contribution in [3.8, 4) is 0 Å². The lowest BCUT2D eigenvalue weighted by molar-refractivity contribution is -0.138. The normalized spacial score (nSPS) is 13.2. The Hall–Kier alpha value is -4.91. The Morgan fingerprint density at radius 2 is 1.70 bits per heavy atom. The van der Waals surface area contributed by atoms with E-state index >= 15 is 0 Å². The molecule has 0 saturated heterocycles. The number of fused-ring (bicyclic) bond motifs is 1. The minimum atomic E-state index is -3.59. The highest BCUT2D eigenvalue weighted by atomic mass is 32.2. The van der Waals surface area contributed by atoms with Crippen molar-refractivity contribution in [2.45, 2.75) is 76.6 Å². The molecule has 5 N–H and O–H groups in total. The predicted molar refractivity (Wildman–Crippen MR) is 177 cm³/mol. The molecule has 1 atom stereocenters. The van der Waals surface area contributed by atoms with E-state index < -0.39 is 33.5 Å². The number of nitrogens with one attached hydrogen (secondary N) is 4. The van der Waals surface area contributed by atoms with Gasteiger partial charge in [-0.3, -0.25) is 9.59 Å². The van der Waals surface area contributed by atoms with Crippen molar-refractivity contribution in [2.75, 3.05) is 16.4 Å². The van der Waals surface area contributed by atoms with Gasteiger partial charge in [-0.05, 0) is 86.2 Å². The van der Waals surface area contributed by atoms with E-state index in [2.05, 4.69) is 21.3 Å². The van der Waals surface area contributed by atoms with Crippen molar-refractivity contribution < 1.29 is 37.4 Å². The second kappa shape index (κ2) is 14.7. The molecule has 12 nitrogen and oxygen atoms in total. The summed E-state index contributed by atoms with van der Waals surface area (Å²) in [7, 11) is -3.59. The molecular formula is C34H40N4O8S. The number of hydrogen-bond donors (Lipinski definition) is 5. The number of rotatable bonds is 13. The molecule has 1 aliphatic heterocycles.